The van der Waals surface area contributed by atoms with E-state index >= 15 is 0 Å². The SMILES string of the molecule is Cc1c(C(=O)Nc2ccc(Br)cc2Cl)oc2ccc(F)cc12. The summed E-state index contributed by atoms with van der Waals surface area (Å²) in [6.45, 7) is 1.71. The van der Waals surface area contributed by atoms with Gasteiger partial charge in [0, 0.05) is 15.4 Å². The number of anilines is 1. The van der Waals surface area contributed by atoms with Crippen molar-refractivity contribution in [1.29, 1.82) is 0 Å². The molecule has 1 N–H and O–H groups in total. The Balaban J connectivity index is 1.97. The largest absolute Gasteiger partial charge is 0.451 e. The number of nitrogens with one attached hydrogen (secondary N) is 1. The monoisotopic (exact) mass is 381 g/mol. The van der Waals surface area contributed by atoms with Crippen molar-refractivity contribution in [2.75, 3.05) is 5.32 Å². The van der Waals surface area contributed by atoms with Gasteiger partial charge in [-0.15, -0.1) is 0 Å². The number of furan rings is 1. The van der Waals surface area contributed by atoms with Crippen LogP contribution in [0.3, 0.4) is 0 Å². The summed E-state index contributed by atoms with van der Waals surface area (Å²) in [5.41, 5.74) is 1.52. The fraction of sp³-hybridized carbons (Fsp3) is 0.0625. The maximum atomic E-state index is 13.3. The molecule has 1 amide bonds. The average molecular weight is 383 g/mol. The summed E-state index contributed by atoms with van der Waals surface area (Å²) in [6.07, 6.45) is 0. The lowest BCUT2D eigenvalue weighted by Gasteiger charge is -2.06. The number of halogens is 3. The second kappa shape index (κ2) is 5.74. The lowest BCUT2D eigenvalue weighted by Crippen LogP contribution is -2.12. The van der Waals surface area contributed by atoms with Gasteiger partial charge in [-0.2, -0.15) is 0 Å². The molecule has 0 aliphatic carbocycles. The normalized spacial score (nSPS) is 10.9. The number of fused-ring (bicyclic) bond motifs is 1. The number of carbonyl (C=O) groups excluding carboxylic acids is 1. The molecule has 0 bridgehead atoms. The van der Waals surface area contributed by atoms with E-state index in [1.807, 2.05) is 0 Å². The first-order valence-electron chi connectivity index (χ1n) is 6.41. The molecule has 0 radical (unpaired) electrons. The summed E-state index contributed by atoms with van der Waals surface area (Å²) in [4.78, 5) is 12.4. The van der Waals surface area contributed by atoms with Gasteiger partial charge in [-0.05, 0) is 43.3 Å². The van der Waals surface area contributed by atoms with Crippen LogP contribution in [0.5, 0.6) is 0 Å². The van der Waals surface area contributed by atoms with Gasteiger partial charge in [0.2, 0.25) is 0 Å². The number of hydrogen-bond acceptors (Lipinski definition) is 2. The summed E-state index contributed by atoms with van der Waals surface area (Å²) >= 11 is 9.37. The first-order valence-corrected chi connectivity index (χ1v) is 7.58. The van der Waals surface area contributed by atoms with E-state index < -0.39 is 5.91 Å². The minimum Gasteiger partial charge on any atom is -0.451 e. The molecule has 112 valence electrons. The topological polar surface area (TPSA) is 42.2 Å². The molecule has 0 aliphatic rings. The molecule has 1 heterocycles. The fourth-order valence-corrected chi connectivity index (χ4v) is 2.90. The fourth-order valence-electron chi connectivity index (χ4n) is 2.18. The maximum absolute atomic E-state index is 13.3. The first-order chi connectivity index (χ1) is 10.5. The minimum absolute atomic E-state index is 0.139. The molecule has 6 heteroatoms. The number of aryl methyl sites for hydroxylation is 1. The minimum atomic E-state index is -0.432. The van der Waals surface area contributed by atoms with Gasteiger partial charge in [0.1, 0.15) is 11.4 Å². The van der Waals surface area contributed by atoms with E-state index in [4.69, 9.17) is 16.0 Å². The van der Waals surface area contributed by atoms with E-state index in [0.29, 0.717) is 27.2 Å². The molecule has 3 rings (SSSR count). The Morgan fingerprint density at radius 2 is 2.05 bits per heavy atom. The number of rotatable bonds is 2. The smallest absolute Gasteiger partial charge is 0.291 e. The third kappa shape index (κ3) is 2.74. The van der Waals surface area contributed by atoms with Crippen molar-refractivity contribution >= 4 is 50.1 Å². The summed E-state index contributed by atoms with van der Waals surface area (Å²) in [6, 6.07) is 9.26. The Kier molecular flexibility index (Phi) is 3.93. The number of amides is 1. The van der Waals surface area contributed by atoms with Crippen LogP contribution < -0.4 is 5.32 Å². The van der Waals surface area contributed by atoms with Crippen molar-refractivity contribution in [3.63, 3.8) is 0 Å². The molecule has 0 unspecified atom stereocenters. The van der Waals surface area contributed by atoms with Gasteiger partial charge in [0.25, 0.3) is 5.91 Å². The molecule has 0 spiro atoms. The van der Waals surface area contributed by atoms with Crippen molar-refractivity contribution in [2.24, 2.45) is 0 Å². The zero-order valence-electron chi connectivity index (χ0n) is 11.4. The Labute approximate surface area is 139 Å². The molecule has 0 saturated carbocycles. The quantitative estimate of drug-likeness (QED) is 0.631. The zero-order valence-corrected chi connectivity index (χ0v) is 13.8. The standard InChI is InChI=1S/C16H10BrClFNO2/c1-8-11-7-10(19)3-5-14(11)22-15(8)16(21)20-13-4-2-9(17)6-12(13)18/h2-7H,1H3,(H,20,21). The maximum Gasteiger partial charge on any atom is 0.291 e. The van der Waals surface area contributed by atoms with Crippen LogP contribution in [0, 0.1) is 12.7 Å². The predicted octanol–water partition coefficient (Wildman–Crippen LogP) is 5.55. The lowest BCUT2D eigenvalue weighted by atomic mass is 10.1. The molecule has 0 atom stereocenters. The summed E-state index contributed by atoms with van der Waals surface area (Å²) in [7, 11) is 0. The lowest BCUT2D eigenvalue weighted by molar-refractivity contribution is 0.0998. The van der Waals surface area contributed by atoms with E-state index in [0.717, 1.165) is 4.47 Å². The van der Waals surface area contributed by atoms with Crippen LogP contribution in [0.2, 0.25) is 5.02 Å². The second-order valence-corrected chi connectivity index (χ2v) is 6.10. The third-order valence-electron chi connectivity index (χ3n) is 3.28. The van der Waals surface area contributed by atoms with Crippen molar-refractivity contribution in [3.8, 4) is 0 Å². The molecular weight excluding hydrogens is 373 g/mol. The van der Waals surface area contributed by atoms with Gasteiger partial charge >= 0.3 is 0 Å². The summed E-state index contributed by atoms with van der Waals surface area (Å²) in [5.74, 6) is -0.669. The molecule has 0 aliphatic heterocycles. The highest BCUT2D eigenvalue weighted by Gasteiger charge is 2.19. The van der Waals surface area contributed by atoms with Gasteiger partial charge < -0.3 is 9.73 Å². The van der Waals surface area contributed by atoms with Crippen molar-refractivity contribution in [1.82, 2.24) is 0 Å². The van der Waals surface area contributed by atoms with E-state index in [1.165, 1.54) is 18.2 Å². The van der Waals surface area contributed by atoms with Crippen LogP contribution in [-0.4, -0.2) is 5.91 Å². The van der Waals surface area contributed by atoms with Gasteiger partial charge in [-0.3, -0.25) is 4.79 Å². The molecule has 3 aromatic rings. The molecule has 22 heavy (non-hydrogen) atoms. The van der Waals surface area contributed by atoms with Crippen molar-refractivity contribution < 1.29 is 13.6 Å². The van der Waals surface area contributed by atoms with Crippen molar-refractivity contribution in [2.45, 2.75) is 6.92 Å². The van der Waals surface area contributed by atoms with E-state index in [9.17, 15) is 9.18 Å². The molecule has 2 aromatic carbocycles. The zero-order chi connectivity index (χ0) is 15.9. The van der Waals surface area contributed by atoms with E-state index in [1.54, 1.807) is 25.1 Å². The Morgan fingerprint density at radius 3 is 2.77 bits per heavy atom. The Bertz CT molecular complexity index is 891. The van der Waals surface area contributed by atoms with E-state index in [2.05, 4.69) is 21.2 Å². The van der Waals surface area contributed by atoms with Gasteiger partial charge in [-0.25, -0.2) is 4.39 Å². The van der Waals surface area contributed by atoms with Crippen LogP contribution >= 0.6 is 27.5 Å². The van der Waals surface area contributed by atoms with Gasteiger partial charge in [0.05, 0.1) is 10.7 Å². The summed E-state index contributed by atoms with van der Waals surface area (Å²) < 4.78 is 19.6. The van der Waals surface area contributed by atoms with Crippen LogP contribution in [0.15, 0.2) is 45.3 Å². The highest BCUT2D eigenvalue weighted by atomic mass is 79.9. The van der Waals surface area contributed by atoms with Crippen LogP contribution in [-0.2, 0) is 0 Å². The van der Waals surface area contributed by atoms with Crippen LogP contribution in [0.1, 0.15) is 16.1 Å². The first kappa shape index (κ1) is 15.1. The Morgan fingerprint density at radius 1 is 1.27 bits per heavy atom. The number of hydrogen-bond donors (Lipinski definition) is 1. The second-order valence-electron chi connectivity index (χ2n) is 4.77. The highest BCUT2D eigenvalue weighted by Crippen LogP contribution is 2.29. The van der Waals surface area contributed by atoms with Gasteiger partial charge in [-0.1, -0.05) is 27.5 Å². The van der Waals surface area contributed by atoms with Crippen LogP contribution in [0.25, 0.3) is 11.0 Å². The molecule has 3 nitrogen and oxygen atoms in total. The summed E-state index contributed by atoms with van der Waals surface area (Å²) in [5, 5.41) is 3.67. The molecular formula is C16H10BrClFNO2. The number of carbonyl (C=O) groups is 1. The average Bonchev–Trinajstić information content (AvgIpc) is 2.79. The molecule has 1 aromatic heterocycles. The molecule has 0 saturated heterocycles. The van der Waals surface area contributed by atoms with Crippen molar-refractivity contribution in [3.05, 3.63) is 63.0 Å². The van der Waals surface area contributed by atoms with Crippen LogP contribution in [0.4, 0.5) is 10.1 Å². The predicted molar refractivity (Wildman–Crippen MR) is 88.0 cm³/mol. The Hall–Kier alpha value is -1.85. The van der Waals surface area contributed by atoms with E-state index in [-0.39, 0.29) is 11.6 Å². The highest BCUT2D eigenvalue weighted by molar-refractivity contribution is 9.10. The third-order valence-corrected chi connectivity index (χ3v) is 4.09. The number of benzene rings is 2. The molecule has 0 fully saturated rings. The van der Waals surface area contributed by atoms with Gasteiger partial charge in [0.15, 0.2) is 5.76 Å².